The smallest absolute Gasteiger partial charge is 0.161 e. The Morgan fingerprint density at radius 3 is 2.33 bits per heavy atom. The number of Topliss-reactive ketones (excluding diaryl/α,β-unsaturated/α-hetero) is 1. The highest BCUT2D eigenvalue weighted by atomic mass is 28.3. The molecule has 1 aromatic rings. The third kappa shape index (κ3) is 3.73. The second-order valence-electron chi connectivity index (χ2n) is 4.60. The molecule has 0 spiro atoms. The molecule has 0 saturated heterocycles. The number of rotatable bonds is 1. The summed E-state index contributed by atoms with van der Waals surface area (Å²) in [4.78, 5) is 11.3. The van der Waals surface area contributed by atoms with E-state index in [0.717, 1.165) is 11.1 Å². The summed E-state index contributed by atoms with van der Waals surface area (Å²) in [5.41, 5.74) is 4.85. The second-order valence-corrected chi connectivity index (χ2v) is 9.35. The molecule has 0 amide bonds. The minimum Gasteiger partial charge on any atom is -0.294 e. The van der Waals surface area contributed by atoms with Gasteiger partial charge >= 0.3 is 0 Å². The molecule has 0 atom stereocenters. The van der Waals surface area contributed by atoms with Crippen LogP contribution in [0.2, 0.25) is 19.6 Å². The molecular formula is C13H16OSi. The summed E-state index contributed by atoms with van der Waals surface area (Å²) < 4.78 is 0. The Balaban J connectivity index is 3.14. The van der Waals surface area contributed by atoms with Crippen LogP contribution >= 0.6 is 0 Å². The van der Waals surface area contributed by atoms with Gasteiger partial charge in [0, 0.05) is 11.1 Å². The Kier molecular flexibility index (Phi) is 3.49. The normalized spacial score (nSPS) is 10.4. The van der Waals surface area contributed by atoms with Crippen LogP contribution in [0.5, 0.6) is 0 Å². The van der Waals surface area contributed by atoms with Gasteiger partial charge in [-0.05, 0) is 13.0 Å². The Hall–Kier alpha value is -1.33. The number of benzene rings is 1. The monoisotopic (exact) mass is 216 g/mol. The molecule has 0 radical (unpaired) electrons. The van der Waals surface area contributed by atoms with Crippen molar-refractivity contribution in [2.45, 2.75) is 26.6 Å². The van der Waals surface area contributed by atoms with E-state index in [1.807, 2.05) is 24.3 Å². The quantitative estimate of drug-likeness (QED) is 0.400. The van der Waals surface area contributed by atoms with Crippen molar-refractivity contribution in [3.63, 3.8) is 0 Å². The van der Waals surface area contributed by atoms with Crippen molar-refractivity contribution in [3.05, 3.63) is 35.4 Å². The Morgan fingerprint density at radius 2 is 1.80 bits per heavy atom. The molecule has 0 heterocycles. The van der Waals surface area contributed by atoms with E-state index in [-0.39, 0.29) is 5.78 Å². The first kappa shape index (κ1) is 11.7. The molecule has 0 saturated carbocycles. The first-order chi connectivity index (χ1) is 6.90. The highest BCUT2D eigenvalue weighted by Gasteiger charge is 2.08. The maximum absolute atomic E-state index is 11.3. The van der Waals surface area contributed by atoms with E-state index in [1.165, 1.54) is 0 Å². The Labute approximate surface area is 92.5 Å². The molecule has 2 heteroatoms. The molecule has 1 rings (SSSR count). The van der Waals surface area contributed by atoms with Gasteiger partial charge in [-0.3, -0.25) is 4.79 Å². The number of carbonyl (C=O) groups is 1. The highest BCUT2D eigenvalue weighted by Crippen LogP contribution is 2.08. The van der Waals surface area contributed by atoms with Gasteiger partial charge in [0.15, 0.2) is 5.78 Å². The summed E-state index contributed by atoms with van der Waals surface area (Å²) in [6.45, 7) is 8.15. The summed E-state index contributed by atoms with van der Waals surface area (Å²) in [6.07, 6.45) is 0. The molecule has 15 heavy (non-hydrogen) atoms. The minimum absolute atomic E-state index is 0.0791. The fourth-order valence-corrected chi connectivity index (χ4v) is 1.66. The first-order valence-corrected chi connectivity index (χ1v) is 8.53. The number of hydrogen-bond acceptors (Lipinski definition) is 1. The lowest BCUT2D eigenvalue weighted by Gasteiger charge is -2.04. The standard InChI is InChI=1S/C13H16OSi/c1-11(14)13-8-6-5-7-12(13)9-10-15(2,3)4/h5-8H,1-4H3. The molecule has 0 unspecified atom stereocenters. The first-order valence-electron chi connectivity index (χ1n) is 5.03. The third-order valence-corrected chi connectivity index (χ3v) is 2.75. The van der Waals surface area contributed by atoms with E-state index in [1.54, 1.807) is 6.92 Å². The van der Waals surface area contributed by atoms with Gasteiger partial charge in [-0.2, -0.15) is 0 Å². The lowest BCUT2D eigenvalue weighted by atomic mass is 10.1. The molecular weight excluding hydrogens is 200 g/mol. The van der Waals surface area contributed by atoms with Crippen LogP contribution in [0.4, 0.5) is 0 Å². The van der Waals surface area contributed by atoms with E-state index < -0.39 is 8.07 Å². The average Bonchev–Trinajstić information content (AvgIpc) is 2.14. The number of ketones is 1. The fraction of sp³-hybridized carbons (Fsp3) is 0.308. The molecule has 0 fully saturated rings. The van der Waals surface area contributed by atoms with Gasteiger partial charge in [0.05, 0.1) is 0 Å². The van der Waals surface area contributed by atoms with Crippen LogP contribution in [-0.4, -0.2) is 13.9 Å². The van der Waals surface area contributed by atoms with E-state index in [2.05, 4.69) is 31.1 Å². The van der Waals surface area contributed by atoms with Gasteiger partial charge in [-0.25, -0.2) is 0 Å². The molecule has 0 aliphatic rings. The minimum atomic E-state index is -1.37. The van der Waals surface area contributed by atoms with Crippen molar-refractivity contribution in [1.82, 2.24) is 0 Å². The molecule has 1 aromatic carbocycles. The zero-order chi connectivity index (χ0) is 11.5. The zero-order valence-corrected chi connectivity index (χ0v) is 10.7. The Morgan fingerprint density at radius 1 is 1.20 bits per heavy atom. The predicted molar refractivity (Wildman–Crippen MR) is 66.7 cm³/mol. The summed E-state index contributed by atoms with van der Waals surface area (Å²) >= 11 is 0. The number of carbonyl (C=O) groups excluding carboxylic acids is 1. The molecule has 0 N–H and O–H groups in total. The van der Waals surface area contributed by atoms with Crippen LogP contribution in [-0.2, 0) is 0 Å². The van der Waals surface area contributed by atoms with Crippen LogP contribution in [0, 0.1) is 11.5 Å². The summed E-state index contributed by atoms with van der Waals surface area (Å²) in [7, 11) is -1.37. The van der Waals surface area contributed by atoms with Crippen molar-refractivity contribution in [2.75, 3.05) is 0 Å². The van der Waals surface area contributed by atoms with Gasteiger partial charge in [-0.15, -0.1) is 5.54 Å². The van der Waals surface area contributed by atoms with E-state index in [9.17, 15) is 4.79 Å². The van der Waals surface area contributed by atoms with E-state index in [0.29, 0.717) is 0 Å². The lowest BCUT2D eigenvalue weighted by molar-refractivity contribution is 0.101. The van der Waals surface area contributed by atoms with Crippen LogP contribution < -0.4 is 0 Å². The molecule has 0 aliphatic carbocycles. The van der Waals surface area contributed by atoms with Crippen LogP contribution in [0.3, 0.4) is 0 Å². The van der Waals surface area contributed by atoms with Gasteiger partial charge in [0.1, 0.15) is 8.07 Å². The summed E-state index contributed by atoms with van der Waals surface area (Å²) in [6, 6.07) is 7.53. The van der Waals surface area contributed by atoms with Gasteiger partial charge < -0.3 is 0 Å². The van der Waals surface area contributed by atoms with E-state index in [4.69, 9.17) is 0 Å². The Bertz CT molecular complexity index is 430. The maximum atomic E-state index is 11.3. The summed E-state index contributed by atoms with van der Waals surface area (Å²) in [5.74, 6) is 3.20. The van der Waals surface area contributed by atoms with Crippen LogP contribution in [0.25, 0.3) is 0 Å². The van der Waals surface area contributed by atoms with Crippen molar-refractivity contribution >= 4 is 13.9 Å². The van der Waals surface area contributed by atoms with Gasteiger partial charge in [0.25, 0.3) is 0 Å². The molecule has 0 aliphatic heterocycles. The van der Waals surface area contributed by atoms with E-state index >= 15 is 0 Å². The van der Waals surface area contributed by atoms with Crippen LogP contribution in [0.15, 0.2) is 24.3 Å². The maximum Gasteiger partial charge on any atom is 0.161 e. The van der Waals surface area contributed by atoms with Gasteiger partial charge in [0.2, 0.25) is 0 Å². The third-order valence-electron chi connectivity index (χ3n) is 1.88. The van der Waals surface area contributed by atoms with Crippen molar-refractivity contribution in [2.24, 2.45) is 0 Å². The molecule has 1 nitrogen and oxygen atoms in total. The average molecular weight is 216 g/mol. The largest absolute Gasteiger partial charge is 0.294 e. The SMILES string of the molecule is CC(=O)c1ccccc1C#C[Si](C)(C)C. The summed E-state index contributed by atoms with van der Waals surface area (Å²) in [5, 5.41) is 0. The van der Waals surface area contributed by atoms with Crippen molar-refractivity contribution < 1.29 is 4.79 Å². The second kappa shape index (κ2) is 4.46. The van der Waals surface area contributed by atoms with Crippen LogP contribution in [0.1, 0.15) is 22.8 Å². The van der Waals surface area contributed by atoms with Gasteiger partial charge in [-0.1, -0.05) is 43.8 Å². The van der Waals surface area contributed by atoms with Crippen molar-refractivity contribution in [1.29, 1.82) is 0 Å². The van der Waals surface area contributed by atoms with Crippen molar-refractivity contribution in [3.8, 4) is 11.5 Å². The topological polar surface area (TPSA) is 17.1 Å². The lowest BCUT2D eigenvalue weighted by Crippen LogP contribution is -2.16. The molecule has 0 bridgehead atoms. The highest BCUT2D eigenvalue weighted by molar-refractivity contribution is 6.83. The molecule has 0 aromatic heterocycles. The predicted octanol–water partition coefficient (Wildman–Crippen LogP) is 3.12. The molecule has 78 valence electrons. The zero-order valence-electron chi connectivity index (χ0n) is 9.72. The number of hydrogen-bond donors (Lipinski definition) is 0. The fourth-order valence-electron chi connectivity index (χ4n) is 1.15.